The van der Waals surface area contributed by atoms with E-state index in [0.717, 1.165) is 12.5 Å². The van der Waals surface area contributed by atoms with Crippen molar-refractivity contribution in [1.82, 2.24) is 9.97 Å². The van der Waals surface area contributed by atoms with Crippen LogP contribution in [0.1, 0.15) is 19.4 Å². The second kappa shape index (κ2) is 4.84. The van der Waals surface area contributed by atoms with Gasteiger partial charge in [0.2, 0.25) is 5.95 Å². The normalized spacial score (nSPS) is 10.7. The van der Waals surface area contributed by atoms with Crippen molar-refractivity contribution in [2.75, 3.05) is 4.90 Å². The molecular weight excluding hydrogens is 198 g/mol. The highest BCUT2D eigenvalue weighted by molar-refractivity contribution is 5.33. The third kappa shape index (κ3) is 2.42. The zero-order valence-electron chi connectivity index (χ0n) is 9.72. The number of hydrogen-bond acceptors (Lipinski definition) is 2. The lowest BCUT2D eigenvalue weighted by atomic mass is 10.2. The Balaban J connectivity index is 2.16. The van der Waals surface area contributed by atoms with Gasteiger partial charge < -0.3 is 9.88 Å². The summed E-state index contributed by atoms with van der Waals surface area (Å²) in [7, 11) is 0. The van der Waals surface area contributed by atoms with Gasteiger partial charge in [0.1, 0.15) is 0 Å². The molecular formula is C13H17N3. The maximum absolute atomic E-state index is 4.30. The Hall–Kier alpha value is -1.77. The molecule has 0 saturated heterocycles. The molecule has 0 fully saturated rings. The van der Waals surface area contributed by atoms with Crippen LogP contribution in [0, 0.1) is 0 Å². The molecule has 0 aliphatic rings. The third-order valence-electron chi connectivity index (χ3n) is 2.57. The van der Waals surface area contributed by atoms with Crippen LogP contribution in [-0.4, -0.2) is 16.0 Å². The Morgan fingerprint density at radius 3 is 2.56 bits per heavy atom. The molecule has 1 aromatic heterocycles. The van der Waals surface area contributed by atoms with Gasteiger partial charge in [-0.25, -0.2) is 4.98 Å². The first-order valence-electron chi connectivity index (χ1n) is 5.57. The molecule has 84 valence electrons. The molecule has 0 atom stereocenters. The van der Waals surface area contributed by atoms with Crippen LogP contribution in [0.2, 0.25) is 0 Å². The summed E-state index contributed by atoms with van der Waals surface area (Å²) in [6.45, 7) is 5.23. The maximum atomic E-state index is 4.30. The van der Waals surface area contributed by atoms with Crippen molar-refractivity contribution in [3.8, 4) is 0 Å². The maximum Gasteiger partial charge on any atom is 0.203 e. The fourth-order valence-electron chi connectivity index (χ4n) is 1.70. The average Bonchev–Trinajstić information content (AvgIpc) is 2.80. The van der Waals surface area contributed by atoms with Crippen molar-refractivity contribution >= 4 is 5.95 Å². The Morgan fingerprint density at radius 1 is 1.25 bits per heavy atom. The molecule has 2 rings (SSSR count). The smallest absolute Gasteiger partial charge is 0.203 e. The lowest BCUT2D eigenvalue weighted by molar-refractivity contribution is 0.665. The number of imidazole rings is 1. The fraction of sp³-hybridized carbons (Fsp3) is 0.308. The summed E-state index contributed by atoms with van der Waals surface area (Å²) in [6.07, 6.45) is 3.64. The van der Waals surface area contributed by atoms with Crippen LogP contribution in [0.15, 0.2) is 42.7 Å². The van der Waals surface area contributed by atoms with Gasteiger partial charge in [-0.1, -0.05) is 30.3 Å². The Kier molecular flexibility index (Phi) is 3.25. The van der Waals surface area contributed by atoms with Crippen LogP contribution >= 0.6 is 0 Å². The monoisotopic (exact) mass is 215 g/mol. The topological polar surface area (TPSA) is 31.9 Å². The van der Waals surface area contributed by atoms with E-state index < -0.39 is 0 Å². The first-order chi connectivity index (χ1) is 7.77. The molecule has 16 heavy (non-hydrogen) atoms. The van der Waals surface area contributed by atoms with Crippen LogP contribution in [0.3, 0.4) is 0 Å². The first-order valence-corrected chi connectivity index (χ1v) is 5.57. The quantitative estimate of drug-likeness (QED) is 0.850. The number of anilines is 1. The summed E-state index contributed by atoms with van der Waals surface area (Å²) in [5.74, 6) is 0.929. The minimum Gasteiger partial charge on any atom is -0.336 e. The molecule has 0 radical (unpaired) electrons. The lowest BCUT2D eigenvalue weighted by Gasteiger charge is -2.26. The van der Waals surface area contributed by atoms with E-state index in [0.29, 0.717) is 6.04 Å². The number of benzene rings is 1. The van der Waals surface area contributed by atoms with E-state index in [1.54, 1.807) is 6.20 Å². The van der Waals surface area contributed by atoms with Gasteiger partial charge in [0.25, 0.3) is 0 Å². The predicted molar refractivity (Wildman–Crippen MR) is 66.3 cm³/mol. The van der Waals surface area contributed by atoms with E-state index in [9.17, 15) is 0 Å². The van der Waals surface area contributed by atoms with Crippen LogP contribution in [0.4, 0.5) is 5.95 Å². The van der Waals surface area contributed by atoms with E-state index in [-0.39, 0.29) is 0 Å². The standard InChI is InChI=1S/C13H17N3/c1-11(2)16(13-14-8-9-15-13)10-12-6-4-3-5-7-12/h3-9,11H,10H2,1-2H3,(H,14,15). The lowest BCUT2D eigenvalue weighted by Crippen LogP contribution is -2.31. The van der Waals surface area contributed by atoms with Gasteiger partial charge in [-0.15, -0.1) is 0 Å². The number of hydrogen-bond donors (Lipinski definition) is 1. The van der Waals surface area contributed by atoms with E-state index in [1.165, 1.54) is 5.56 Å². The molecule has 0 amide bonds. The zero-order valence-corrected chi connectivity index (χ0v) is 9.72. The van der Waals surface area contributed by atoms with Gasteiger partial charge in [0, 0.05) is 25.0 Å². The number of aromatic amines is 1. The molecule has 0 saturated carbocycles. The van der Waals surface area contributed by atoms with Crippen molar-refractivity contribution < 1.29 is 0 Å². The van der Waals surface area contributed by atoms with Crippen molar-refractivity contribution in [1.29, 1.82) is 0 Å². The third-order valence-corrected chi connectivity index (χ3v) is 2.57. The number of nitrogens with one attached hydrogen (secondary N) is 1. The van der Waals surface area contributed by atoms with Gasteiger partial charge in [-0.05, 0) is 19.4 Å². The largest absolute Gasteiger partial charge is 0.336 e. The molecule has 0 bridgehead atoms. The van der Waals surface area contributed by atoms with Crippen LogP contribution < -0.4 is 4.90 Å². The molecule has 2 aromatic rings. The highest BCUT2D eigenvalue weighted by Crippen LogP contribution is 2.14. The van der Waals surface area contributed by atoms with Gasteiger partial charge >= 0.3 is 0 Å². The Labute approximate surface area is 96.1 Å². The summed E-state index contributed by atoms with van der Waals surface area (Å²) in [6, 6.07) is 10.9. The fourth-order valence-corrected chi connectivity index (χ4v) is 1.70. The number of rotatable bonds is 4. The van der Waals surface area contributed by atoms with Crippen molar-refractivity contribution in [3.63, 3.8) is 0 Å². The number of aromatic nitrogens is 2. The van der Waals surface area contributed by atoms with Crippen LogP contribution in [0.25, 0.3) is 0 Å². The minimum absolute atomic E-state index is 0.423. The van der Waals surface area contributed by atoms with E-state index in [1.807, 2.05) is 12.3 Å². The number of nitrogens with zero attached hydrogens (tertiary/aromatic N) is 2. The second-order valence-corrected chi connectivity index (χ2v) is 4.12. The highest BCUT2D eigenvalue weighted by Gasteiger charge is 2.12. The molecule has 0 unspecified atom stereocenters. The SMILES string of the molecule is CC(C)N(Cc1ccccc1)c1ncc[nH]1. The van der Waals surface area contributed by atoms with Gasteiger partial charge in [0.15, 0.2) is 0 Å². The summed E-state index contributed by atoms with van der Waals surface area (Å²) >= 11 is 0. The van der Waals surface area contributed by atoms with Crippen LogP contribution in [0.5, 0.6) is 0 Å². The highest BCUT2D eigenvalue weighted by atomic mass is 15.3. The molecule has 1 N–H and O–H groups in total. The summed E-state index contributed by atoms with van der Waals surface area (Å²) < 4.78 is 0. The molecule has 0 spiro atoms. The van der Waals surface area contributed by atoms with Crippen molar-refractivity contribution in [2.45, 2.75) is 26.4 Å². The molecule has 0 aliphatic carbocycles. The summed E-state index contributed by atoms with van der Waals surface area (Å²) in [5.41, 5.74) is 1.30. The summed E-state index contributed by atoms with van der Waals surface area (Å²) in [5, 5.41) is 0. The first kappa shape index (κ1) is 10.7. The molecule has 0 aliphatic heterocycles. The Morgan fingerprint density at radius 2 is 2.00 bits per heavy atom. The van der Waals surface area contributed by atoms with Gasteiger partial charge in [-0.2, -0.15) is 0 Å². The van der Waals surface area contributed by atoms with Gasteiger partial charge in [-0.3, -0.25) is 0 Å². The van der Waals surface area contributed by atoms with E-state index >= 15 is 0 Å². The van der Waals surface area contributed by atoms with Gasteiger partial charge in [0.05, 0.1) is 0 Å². The zero-order chi connectivity index (χ0) is 11.4. The Bertz CT molecular complexity index is 406. The molecule has 1 aromatic carbocycles. The van der Waals surface area contributed by atoms with Crippen molar-refractivity contribution in [3.05, 3.63) is 48.3 Å². The predicted octanol–water partition coefficient (Wildman–Crippen LogP) is 2.82. The van der Waals surface area contributed by atoms with E-state index in [2.05, 4.69) is 53.0 Å². The molecule has 3 heteroatoms. The number of H-pyrrole nitrogens is 1. The second-order valence-electron chi connectivity index (χ2n) is 4.12. The minimum atomic E-state index is 0.423. The molecule has 1 heterocycles. The van der Waals surface area contributed by atoms with E-state index in [4.69, 9.17) is 0 Å². The average molecular weight is 215 g/mol. The van der Waals surface area contributed by atoms with Crippen molar-refractivity contribution in [2.24, 2.45) is 0 Å². The molecule has 3 nitrogen and oxygen atoms in total. The van der Waals surface area contributed by atoms with Crippen LogP contribution in [-0.2, 0) is 6.54 Å². The summed E-state index contributed by atoms with van der Waals surface area (Å²) in [4.78, 5) is 9.70.